The second-order valence-electron chi connectivity index (χ2n) is 4.80. The summed E-state index contributed by atoms with van der Waals surface area (Å²) in [5, 5.41) is 7.54. The van der Waals surface area contributed by atoms with Gasteiger partial charge < -0.3 is 20.3 Å². The number of rotatable bonds is 4. The topological polar surface area (TPSA) is 81.8 Å². The monoisotopic (exact) mass is 367 g/mol. The van der Waals surface area contributed by atoms with Gasteiger partial charge >= 0.3 is 0 Å². The fourth-order valence-electron chi connectivity index (χ4n) is 2.20. The third kappa shape index (κ3) is 5.06. The van der Waals surface area contributed by atoms with Gasteiger partial charge in [-0.3, -0.25) is 4.79 Å². The van der Waals surface area contributed by atoms with Crippen LogP contribution in [-0.2, 0) is 11.2 Å². The minimum absolute atomic E-state index is 0.250. The lowest BCUT2D eigenvalue weighted by Crippen LogP contribution is -2.06. The first-order chi connectivity index (χ1) is 11.7. The summed E-state index contributed by atoms with van der Waals surface area (Å²) in [5.41, 5.74) is 6.70. The van der Waals surface area contributed by atoms with Crippen molar-refractivity contribution in [2.24, 2.45) is 5.73 Å². The van der Waals surface area contributed by atoms with Crippen LogP contribution in [0.15, 0.2) is 41.3 Å². The summed E-state index contributed by atoms with van der Waals surface area (Å²) in [5.74, 6) is 3.43. The molecule has 0 radical (unpaired) electrons. The number of carboxylic acid groups (broad SMARTS) is 1. The summed E-state index contributed by atoms with van der Waals surface area (Å²) in [6.07, 6.45) is 0.759. The van der Waals surface area contributed by atoms with Gasteiger partial charge in [-0.05, 0) is 48.9 Å². The first-order valence-corrected chi connectivity index (χ1v) is 8.68. The molecule has 0 fully saturated rings. The molecule has 3 N–H and O–H groups in total. The summed E-state index contributed by atoms with van der Waals surface area (Å²) in [6, 6.07) is 11.5. The number of halogens is 1. The first kappa shape index (κ1) is 18.4. The van der Waals surface area contributed by atoms with E-state index in [2.05, 4.69) is 0 Å². The van der Waals surface area contributed by atoms with Crippen molar-refractivity contribution in [1.29, 1.82) is 0 Å². The molecule has 0 aliphatic carbocycles. The molecule has 24 heavy (non-hydrogen) atoms. The van der Waals surface area contributed by atoms with Crippen LogP contribution < -0.4 is 15.2 Å². The Morgan fingerprint density at radius 2 is 2.12 bits per heavy atom. The van der Waals surface area contributed by atoms with Gasteiger partial charge in [-0.2, -0.15) is 0 Å². The van der Waals surface area contributed by atoms with Gasteiger partial charge in [0.05, 0.1) is 11.5 Å². The highest BCUT2D eigenvalue weighted by molar-refractivity contribution is 7.99. The largest absolute Gasteiger partial charge is 0.492 e. The molecule has 0 saturated carbocycles. The maximum Gasteiger partial charge on any atom is 0.290 e. The zero-order valence-corrected chi connectivity index (χ0v) is 14.5. The van der Waals surface area contributed by atoms with Gasteiger partial charge in [0.25, 0.3) is 6.47 Å². The maximum absolute atomic E-state index is 8.36. The molecule has 3 rings (SSSR count). The molecule has 2 aromatic carbocycles. The van der Waals surface area contributed by atoms with Crippen molar-refractivity contribution in [3.8, 4) is 17.2 Å². The van der Waals surface area contributed by atoms with Crippen molar-refractivity contribution < 1.29 is 19.4 Å². The van der Waals surface area contributed by atoms with E-state index < -0.39 is 0 Å². The highest BCUT2D eigenvalue weighted by atomic mass is 35.5. The molecule has 7 heteroatoms. The Balaban J connectivity index is 0.000000647. The van der Waals surface area contributed by atoms with Crippen molar-refractivity contribution in [2.75, 3.05) is 18.9 Å². The summed E-state index contributed by atoms with van der Waals surface area (Å²) in [6.45, 7) is 1.08. The molecule has 0 amide bonds. The summed E-state index contributed by atoms with van der Waals surface area (Å²) in [4.78, 5) is 9.47. The number of carbonyl (C=O) groups is 1. The Labute approximate surface area is 149 Å². The predicted molar refractivity (Wildman–Crippen MR) is 95.6 cm³/mol. The second-order valence-corrected chi connectivity index (χ2v) is 6.38. The fraction of sp³-hybridized carbons (Fsp3) is 0.235. The summed E-state index contributed by atoms with van der Waals surface area (Å²) < 4.78 is 11.6. The van der Waals surface area contributed by atoms with E-state index in [1.165, 1.54) is 0 Å². The van der Waals surface area contributed by atoms with Gasteiger partial charge in [-0.1, -0.05) is 17.7 Å². The smallest absolute Gasteiger partial charge is 0.290 e. The highest BCUT2D eigenvalue weighted by Crippen LogP contribution is 2.38. The predicted octanol–water partition coefficient (Wildman–Crippen LogP) is 3.82. The number of hydrogen-bond donors (Lipinski definition) is 2. The van der Waals surface area contributed by atoms with Crippen LogP contribution in [0.25, 0.3) is 0 Å². The molecule has 0 bridgehead atoms. The Morgan fingerprint density at radius 3 is 2.88 bits per heavy atom. The molecule has 1 aliphatic heterocycles. The fourth-order valence-corrected chi connectivity index (χ4v) is 3.22. The van der Waals surface area contributed by atoms with E-state index in [9.17, 15) is 0 Å². The lowest BCUT2D eigenvalue weighted by Gasteiger charge is -2.18. The van der Waals surface area contributed by atoms with Crippen LogP contribution in [0.5, 0.6) is 17.2 Å². The van der Waals surface area contributed by atoms with Gasteiger partial charge in [0.2, 0.25) is 0 Å². The molecule has 0 unspecified atom stereocenters. The normalized spacial score (nSPS) is 12.2. The van der Waals surface area contributed by atoms with Crippen LogP contribution in [0.4, 0.5) is 0 Å². The third-order valence-electron chi connectivity index (χ3n) is 3.18. The highest BCUT2D eigenvalue weighted by Gasteiger charge is 2.13. The molecule has 1 aliphatic rings. The molecule has 2 aromatic rings. The summed E-state index contributed by atoms with van der Waals surface area (Å²) >= 11 is 7.84. The lowest BCUT2D eigenvalue weighted by molar-refractivity contribution is -0.122. The van der Waals surface area contributed by atoms with Crippen LogP contribution in [0, 0.1) is 0 Å². The Kier molecular flexibility index (Phi) is 7.24. The zero-order chi connectivity index (χ0) is 17.4. The van der Waals surface area contributed by atoms with Crippen LogP contribution in [0.2, 0.25) is 5.02 Å². The molecular formula is C17H18ClNO4S. The van der Waals surface area contributed by atoms with Crippen LogP contribution in [0.1, 0.15) is 5.56 Å². The standard InChI is InChI=1S/C16H16ClNO2S.CH2O2/c17-12-2-1-11(5-6-18)15(9-12)20-13-3-4-14-16(10-13)21-8-7-19-14;2-1-3/h1-4,9-10H,5-8,18H2;1H,(H,2,3). The van der Waals surface area contributed by atoms with Gasteiger partial charge in [0.15, 0.2) is 0 Å². The molecule has 128 valence electrons. The molecule has 5 nitrogen and oxygen atoms in total. The Hall–Kier alpha value is -1.89. The van der Waals surface area contributed by atoms with Gasteiger partial charge in [0, 0.05) is 10.8 Å². The molecule has 0 saturated heterocycles. The average molecular weight is 368 g/mol. The van der Waals surface area contributed by atoms with Gasteiger partial charge in [-0.15, -0.1) is 11.8 Å². The van der Waals surface area contributed by atoms with E-state index in [0.717, 1.165) is 46.5 Å². The van der Waals surface area contributed by atoms with E-state index in [-0.39, 0.29) is 6.47 Å². The van der Waals surface area contributed by atoms with Gasteiger partial charge in [-0.25, -0.2) is 0 Å². The third-order valence-corrected chi connectivity index (χ3v) is 4.42. The Morgan fingerprint density at radius 1 is 1.33 bits per heavy atom. The minimum Gasteiger partial charge on any atom is -0.492 e. The van der Waals surface area contributed by atoms with E-state index in [4.69, 9.17) is 36.7 Å². The van der Waals surface area contributed by atoms with Crippen LogP contribution in [0.3, 0.4) is 0 Å². The lowest BCUT2D eigenvalue weighted by atomic mass is 10.1. The average Bonchev–Trinajstić information content (AvgIpc) is 2.58. The number of ether oxygens (including phenoxy) is 2. The molecular weight excluding hydrogens is 350 g/mol. The van der Waals surface area contributed by atoms with Crippen molar-refractivity contribution in [2.45, 2.75) is 11.3 Å². The van der Waals surface area contributed by atoms with E-state index >= 15 is 0 Å². The number of fused-ring (bicyclic) bond motifs is 1. The molecule has 1 heterocycles. The zero-order valence-electron chi connectivity index (χ0n) is 12.9. The van der Waals surface area contributed by atoms with Crippen LogP contribution in [-0.4, -0.2) is 30.5 Å². The number of benzene rings is 2. The molecule has 0 spiro atoms. The maximum atomic E-state index is 8.36. The van der Waals surface area contributed by atoms with Crippen molar-refractivity contribution >= 4 is 29.8 Å². The first-order valence-electron chi connectivity index (χ1n) is 7.31. The number of thioether (sulfide) groups is 1. The molecule has 0 atom stereocenters. The van der Waals surface area contributed by atoms with Gasteiger partial charge in [0.1, 0.15) is 17.2 Å². The van der Waals surface area contributed by atoms with Crippen molar-refractivity contribution in [3.05, 3.63) is 47.0 Å². The van der Waals surface area contributed by atoms with E-state index in [1.54, 1.807) is 11.8 Å². The second kappa shape index (κ2) is 9.42. The van der Waals surface area contributed by atoms with E-state index in [0.29, 0.717) is 11.6 Å². The van der Waals surface area contributed by atoms with Crippen molar-refractivity contribution in [1.82, 2.24) is 0 Å². The van der Waals surface area contributed by atoms with E-state index in [1.807, 2.05) is 36.4 Å². The Bertz CT molecular complexity index is 696. The van der Waals surface area contributed by atoms with Crippen LogP contribution >= 0.6 is 23.4 Å². The summed E-state index contributed by atoms with van der Waals surface area (Å²) in [7, 11) is 0. The minimum atomic E-state index is -0.250. The number of hydrogen-bond acceptors (Lipinski definition) is 5. The SMILES string of the molecule is NCCc1ccc(Cl)cc1Oc1ccc2c(c1)SCCO2.O=CO. The van der Waals surface area contributed by atoms with Crippen molar-refractivity contribution in [3.63, 3.8) is 0 Å². The molecule has 0 aromatic heterocycles. The number of nitrogens with two attached hydrogens (primary N) is 1. The quantitative estimate of drug-likeness (QED) is 0.799.